The van der Waals surface area contributed by atoms with Crippen LogP contribution in [0.25, 0.3) is 22.3 Å². The number of nitrogens with one attached hydrogen (secondary N) is 1. The topological polar surface area (TPSA) is 127 Å². The lowest BCUT2D eigenvalue weighted by atomic mass is 10.1. The van der Waals surface area contributed by atoms with Crippen molar-refractivity contribution < 1.29 is 22.4 Å². The number of hydrogen-bond acceptors (Lipinski definition) is 7. The van der Waals surface area contributed by atoms with Crippen molar-refractivity contribution in [2.75, 3.05) is 5.32 Å². The van der Waals surface area contributed by atoms with E-state index in [9.17, 15) is 27.6 Å². The molecule has 0 aliphatic heterocycles. The number of aromatic nitrogens is 7. The van der Waals surface area contributed by atoms with E-state index in [0.29, 0.717) is 0 Å². The number of carbonyl (C=O) groups is 1. The molecule has 36 heavy (non-hydrogen) atoms. The van der Waals surface area contributed by atoms with Gasteiger partial charge in [-0.1, -0.05) is 12.1 Å². The van der Waals surface area contributed by atoms with Crippen LogP contribution in [0.15, 0.2) is 61.4 Å². The zero-order valence-electron chi connectivity index (χ0n) is 17.8. The molecule has 1 aromatic carbocycles. The Labute approximate surface area is 198 Å². The Bertz CT molecular complexity index is 1650. The van der Waals surface area contributed by atoms with Gasteiger partial charge < -0.3 is 5.32 Å². The highest BCUT2D eigenvalue weighted by molar-refractivity contribution is 6.05. The van der Waals surface area contributed by atoms with Gasteiger partial charge in [-0.25, -0.2) is 14.1 Å². The molecule has 1 N–H and O–H groups in total. The maximum absolute atomic E-state index is 14.2. The Morgan fingerprint density at radius 1 is 1.08 bits per heavy atom. The van der Waals surface area contributed by atoms with Crippen molar-refractivity contribution in [1.29, 1.82) is 5.26 Å². The molecule has 0 aliphatic rings. The summed E-state index contributed by atoms with van der Waals surface area (Å²) in [7, 11) is 0. The Hall–Kier alpha value is -5.19. The second-order valence-corrected chi connectivity index (χ2v) is 7.31. The van der Waals surface area contributed by atoms with E-state index in [1.54, 1.807) is 0 Å². The van der Waals surface area contributed by atoms with Gasteiger partial charge in [0.25, 0.3) is 5.91 Å². The average Bonchev–Trinajstić information content (AvgIpc) is 3.54. The molecule has 0 spiro atoms. The number of nitrogens with zero attached hydrogens (tertiary/aromatic N) is 8. The zero-order valence-corrected chi connectivity index (χ0v) is 17.8. The molecule has 4 heterocycles. The van der Waals surface area contributed by atoms with Gasteiger partial charge in [-0.2, -0.15) is 33.7 Å². The highest BCUT2D eigenvalue weighted by atomic mass is 19.4. The monoisotopic (exact) mass is 493 g/mol. The quantitative estimate of drug-likeness (QED) is 0.379. The molecule has 0 saturated carbocycles. The van der Waals surface area contributed by atoms with Gasteiger partial charge >= 0.3 is 6.18 Å². The van der Waals surface area contributed by atoms with Crippen LogP contribution < -0.4 is 5.32 Å². The highest BCUT2D eigenvalue weighted by Gasteiger charge is 2.39. The van der Waals surface area contributed by atoms with Gasteiger partial charge in [0.1, 0.15) is 17.4 Å². The van der Waals surface area contributed by atoms with Crippen LogP contribution in [0, 0.1) is 17.1 Å². The number of alkyl halides is 3. The summed E-state index contributed by atoms with van der Waals surface area (Å²) in [6, 6.07) is 7.17. The number of halogens is 4. The van der Waals surface area contributed by atoms with Crippen molar-refractivity contribution in [2.45, 2.75) is 6.18 Å². The Morgan fingerprint density at radius 2 is 1.86 bits per heavy atom. The van der Waals surface area contributed by atoms with E-state index in [0.717, 1.165) is 21.9 Å². The Kier molecular flexibility index (Phi) is 5.36. The number of carbonyl (C=O) groups excluding carboxylic acids is 1. The number of hydrogen-bond donors (Lipinski definition) is 1. The van der Waals surface area contributed by atoms with Crippen LogP contribution >= 0.6 is 0 Å². The standard InChI is InChI=1S/C22H11F4N9O/c23-17-3-1-2-14-15(17)9-28-10-18(14)34-11-16(19(33-34)22(24,25)26)21(36)32-13-6-12(7-27)20(29-8-13)35-30-4-5-31-35/h1-6,8-11H,(H,32,36). The molecule has 14 heteroatoms. The van der Waals surface area contributed by atoms with Crippen molar-refractivity contribution in [1.82, 2.24) is 34.7 Å². The second-order valence-electron chi connectivity index (χ2n) is 7.31. The van der Waals surface area contributed by atoms with Crippen molar-refractivity contribution >= 4 is 22.4 Å². The first kappa shape index (κ1) is 22.6. The number of fused-ring (bicyclic) bond motifs is 1. The summed E-state index contributed by atoms with van der Waals surface area (Å²) in [6.07, 6.45) is 2.23. The average molecular weight is 493 g/mol. The highest BCUT2D eigenvalue weighted by Crippen LogP contribution is 2.33. The molecule has 0 saturated heterocycles. The summed E-state index contributed by atoms with van der Waals surface area (Å²) in [5.74, 6) is -1.69. The lowest BCUT2D eigenvalue weighted by Gasteiger charge is -2.08. The maximum atomic E-state index is 14.2. The van der Waals surface area contributed by atoms with E-state index < -0.39 is 29.2 Å². The van der Waals surface area contributed by atoms with Crippen LogP contribution in [0.5, 0.6) is 0 Å². The molecule has 10 nitrogen and oxygen atoms in total. The Morgan fingerprint density at radius 3 is 2.58 bits per heavy atom. The number of rotatable bonds is 4. The molecule has 0 aliphatic carbocycles. The van der Waals surface area contributed by atoms with Gasteiger partial charge in [0, 0.05) is 23.2 Å². The summed E-state index contributed by atoms with van der Waals surface area (Å²) in [4.78, 5) is 21.9. The van der Waals surface area contributed by atoms with Gasteiger partial charge in [-0.15, -0.1) is 4.80 Å². The molecular weight excluding hydrogens is 482 g/mol. The van der Waals surface area contributed by atoms with Gasteiger partial charge in [0.2, 0.25) is 0 Å². The fraction of sp³-hybridized carbons (Fsp3) is 0.0455. The first-order chi connectivity index (χ1) is 17.3. The van der Waals surface area contributed by atoms with Crippen LogP contribution in [0.4, 0.5) is 23.2 Å². The predicted octanol–water partition coefficient (Wildman–Crippen LogP) is 3.68. The van der Waals surface area contributed by atoms with Crippen LogP contribution in [0.1, 0.15) is 21.6 Å². The van der Waals surface area contributed by atoms with Crippen LogP contribution in [-0.2, 0) is 6.18 Å². The van der Waals surface area contributed by atoms with Crippen molar-refractivity contribution in [2.24, 2.45) is 0 Å². The van der Waals surface area contributed by atoms with E-state index in [1.165, 1.54) is 49.1 Å². The summed E-state index contributed by atoms with van der Waals surface area (Å²) in [5, 5.41) is 23.3. The van der Waals surface area contributed by atoms with Gasteiger partial charge in [0.05, 0.1) is 41.7 Å². The first-order valence-corrected chi connectivity index (χ1v) is 10.0. The van der Waals surface area contributed by atoms with Crippen LogP contribution in [-0.4, -0.2) is 40.6 Å². The molecule has 1 amide bonds. The molecule has 0 fully saturated rings. The van der Waals surface area contributed by atoms with E-state index in [-0.39, 0.29) is 33.5 Å². The lowest BCUT2D eigenvalue weighted by Crippen LogP contribution is -2.18. The summed E-state index contributed by atoms with van der Waals surface area (Å²) < 4.78 is 56.3. The Balaban J connectivity index is 1.54. The molecule has 0 unspecified atom stereocenters. The minimum absolute atomic E-state index is 0.0282. The second kappa shape index (κ2) is 8.55. The zero-order chi connectivity index (χ0) is 25.4. The molecule has 5 rings (SSSR count). The summed E-state index contributed by atoms with van der Waals surface area (Å²) in [5.41, 5.74) is -2.28. The molecule has 4 aromatic heterocycles. The van der Waals surface area contributed by atoms with E-state index in [4.69, 9.17) is 0 Å². The number of amides is 1. The van der Waals surface area contributed by atoms with Crippen molar-refractivity contribution in [3.8, 4) is 17.6 Å². The predicted molar refractivity (Wildman–Crippen MR) is 116 cm³/mol. The number of benzene rings is 1. The van der Waals surface area contributed by atoms with Crippen molar-refractivity contribution in [3.63, 3.8) is 0 Å². The van der Waals surface area contributed by atoms with Gasteiger partial charge in [0.15, 0.2) is 11.5 Å². The van der Waals surface area contributed by atoms with Crippen LogP contribution in [0.2, 0.25) is 0 Å². The lowest BCUT2D eigenvalue weighted by molar-refractivity contribution is -0.141. The van der Waals surface area contributed by atoms with Gasteiger partial charge in [-0.05, 0) is 12.1 Å². The SMILES string of the molecule is N#Cc1cc(NC(=O)c2cn(-c3cncc4c(F)cccc34)nc2C(F)(F)F)cnc1-n1nccn1. The van der Waals surface area contributed by atoms with E-state index in [1.807, 2.05) is 6.07 Å². The number of anilines is 1. The minimum atomic E-state index is -4.98. The molecule has 178 valence electrons. The minimum Gasteiger partial charge on any atom is -0.320 e. The number of nitriles is 1. The number of pyridine rings is 2. The largest absolute Gasteiger partial charge is 0.435 e. The van der Waals surface area contributed by atoms with Crippen LogP contribution in [0.3, 0.4) is 0 Å². The molecule has 0 atom stereocenters. The molecule has 0 bridgehead atoms. The van der Waals surface area contributed by atoms with E-state index >= 15 is 0 Å². The third kappa shape index (κ3) is 3.98. The molecule has 0 radical (unpaired) electrons. The normalized spacial score (nSPS) is 11.4. The van der Waals surface area contributed by atoms with Gasteiger partial charge in [-0.3, -0.25) is 9.78 Å². The van der Waals surface area contributed by atoms with E-state index in [2.05, 4.69) is 30.6 Å². The fourth-order valence-corrected chi connectivity index (χ4v) is 3.49. The third-order valence-electron chi connectivity index (χ3n) is 5.06. The molecule has 5 aromatic rings. The third-order valence-corrected chi connectivity index (χ3v) is 5.06. The smallest absolute Gasteiger partial charge is 0.320 e. The molecular formula is C22H11F4N9O. The fourth-order valence-electron chi connectivity index (χ4n) is 3.49. The maximum Gasteiger partial charge on any atom is 0.435 e. The first-order valence-electron chi connectivity index (χ1n) is 10.0. The summed E-state index contributed by atoms with van der Waals surface area (Å²) >= 11 is 0. The summed E-state index contributed by atoms with van der Waals surface area (Å²) in [6.45, 7) is 0. The van der Waals surface area contributed by atoms with Crippen molar-refractivity contribution in [3.05, 3.63) is 84.1 Å².